The molecule has 0 aliphatic rings. The van der Waals surface area contributed by atoms with E-state index in [0.29, 0.717) is 23.3 Å². The molecular formula is C25H33N5. The highest BCUT2D eigenvalue weighted by molar-refractivity contribution is 5.75. The molecule has 0 unspecified atom stereocenters. The van der Waals surface area contributed by atoms with Gasteiger partial charge in [0, 0.05) is 13.1 Å². The third-order valence-electron chi connectivity index (χ3n) is 4.88. The summed E-state index contributed by atoms with van der Waals surface area (Å²) in [5.41, 5.74) is 9.52. The molecule has 1 heterocycles. The zero-order valence-corrected chi connectivity index (χ0v) is 18.4. The summed E-state index contributed by atoms with van der Waals surface area (Å²) in [5.74, 6) is 2.48. The van der Waals surface area contributed by atoms with Gasteiger partial charge in [0.05, 0.1) is 6.04 Å². The third kappa shape index (κ3) is 5.50. The fraction of sp³-hybridized carbons (Fsp3) is 0.360. The predicted octanol–water partition coefficient (Wildman–Crippen LogP) is 5.38. The van der Waals surface area contributed by atoms with Gasteiger partial charge < -0.3 is 16.0 Å². The van der Waals surface area contributed by atoms with Gasteiger partial charge in [-0.25, -0.2) is 9.97 Å². The first-order chi connectivity index (χ1) is 14.5. The largest absolute Gasteiger partial charge is 0.393 e. The van der Waals surface area contributed by atoms with Crippen LogP contribution >= 0.6 is 0 Å². The minimum atomic E-state index is -0.0545. The van der Waals surface area contributed by atoms with Gasteiger partial charge in [-0.1, -0.05) is 88.4 Å². The molecule has 0 spiro atoms. The Labute approximate surface area is 180 Å². The maximum atomic E-state index is 6.61. The predicted molar refractivity (Wildman–Crippen MR) is 127 cm³/mol. The van der Waals surface area contributed by atoms with Crippen LogP contribution in [0.4, 0.5) is 17.3 Å². The van der Waals surface area contributed by atoms with Crippen LogP contribution in [-0.4, -0.2) is 23.1 Å². The second-order valence-corrected chi connectivity index (χ2v) is 8.55. The lowest BCUT2D eigenvalue weighted by atomic mass is 9.98. The first-order valence-electron chi connectivity index (χ1n) is 10.7. The van der Waals surface area contributed by atoms with E-state index < -0.39 is 0 Å². The fourth-order valence-electron chi connectivity index (χ4n) is 3.67. The Balaban J connectivity index is 1.97. The average molecular weight is 404 g/mol. The molecule has 0 radical (unpaired) electrons. The minimum Gasteiger partial charge on any atom is -0.393 e. The molecule has 0 saturated heterocycles. The number of nitrogens with two attached hydrogens (primary N) is 1. The van der Waals surface area contributed by atoms with Crippen molar-refractivity contribution in [3.63, 3.8) is 0 Å². The summed E-state index contributed by atoms with van der Waals surface area (Å²) in [4.78, 5) is 11.3. The number of anilines is 3. The summed E-state index contributed by atoms with van der Waals surface area (Å²) >= 11 is 0. The molecule has 0 aliphatic heterocycles. The van der Waals surface area contributed by atoms with Crippen LogP contribution in [0.15, 0.2) is 67.0 Å². The van der Waals surface area contributed by atoms with E-state index in [2.05, 4.69) is 96.4 Å². The van der Waals surface area contributed by atoms with Gasteiger partial charge in [-0.2, -0.15) is 0 Å². The molecule has 0 aliphatic carbocycles. The molecular weight excluding hydrogens is 370 g/mol. The van der Waals surface area contributed by atoms with E-state index in [4.69, 9.17) is 5.73 Å². The molecule has 158 valence electrons. The van der Waals surface area contributed by atoms with Gasteiger partial charge in [-0.15, -0.1) is 0 Å². The zero-order chi connectivity index (χ0) is 21.5. The molecule has 2 aromatic carbocycles. The molecule has 5 nitrogen and oxygen atoms in total. The van der Waals surface area contributed by atoms with Crippen molar-refractivity contribution in [3.8, 4) is 0 Å². The Morgan fingerprint density at radius 2 is 1.30 bits per heavy atom. The van der Waals surface area contributed by atoms with E-state index in [1.807, 2.05) is 12.1 Å². The van der Waals surface area contributed by atoms with Gasteiger partial charge in [0.2, 0.25) is 0 Å². The molecule has 0 bridgehead atoms. The van der Waals surface area contributed by atoms with E-state index in [1.54, 1.807) is 6.33 Å². The summed E-state index contributed by atoms with van der Waals surface area (Å²) in [5, 5.41) is 3.58. The van der Waals surface area contributed by atoms with Crippen LogP contribution in [0, 0.1) is 11.8 Å². The Bertz CT molecular complexity index is 860. The van der Waals surface area contributed by atoms with E-state index in [9.17, 15) is 0 Å². The van der Waals surface area contributed by atoms with Crippen molar-refractivity contribution < 1.29 is 0 Å². The molecule has 3 rings (SSSR count). The van der Waals surface area contributed by atoms with Gasteiger partial charge >= 0.3 is 0 Å². The monoisotopic (exact) mass is 403 g/mol. The Kier molecular flexibility index (Phi) is 7.28. The number of nitrogens with one attached hydrogen (secondary N) is 1. The average Bonchev–Trinajstić information content (AvgIpc) is 2.73. The first-order valence-corrected chi connectivity index (χ1v) is 10.7. The molecule has 5 heteroatoms. The molecule has 1 aromatic heterocycles. The van der Waals surface area contributed by atoms with Crippen LogP contribution in [0.1, 0.15) is 44.9 Å². The Morgan fingerprint density at radius 1 is 0.800 bits per heavy atom. The fourth-order valence-corrected chi connectivity index (χ4v) is 3.67. The number of benzene rings is 2. The maximum absolute atomic E-state index is 6.61. The van der Waals surface area contributed by atoms with Crippen LogP contribution in [0.2, 0.25) is 0 Å². The number of nitrogen functional groups attached to an aromatic ring is 1. The Hall–Kier alpha value is -3.08. The SMILES string of the molecule is CC(C)CN(CC(C)C)c1ncnc(NC(c2ccccc2)c2ccccc2)c1N. The van der Waals surface area contributed by atoms with Crippen molar-refractivity contribution in [1.29, 1.82) is 0 Å². The maximum Gasteiger partial charge on any atom is 0.157 e. The first kappa shape index (κ1) is 21.6. The summed E-state index contributed by atoms with van der Waals surface area (Å²) in [6.45, 7) is 10.7. The third-order valence-corrected chi connectivity index (χ3v) is 4.88. The lowest BCUT2D eigenvalue weighted by Crippen LogP contribution is -2.33. The topological polar surface area (TPSA) is 67.1 Å². The summed E-state index contributed by atoms with van der Waals surface area (Å²) in [6.07, 6.45) is 1.61. The summed E-state index contributed by atoms with van der Waals surface area (Å²) in [6, 6.07) is 20.7. The smallest absolute Gasteiger partial charge is 0.157 e. The highest BCUT2D eigenvalue weighted by Gasteiger charge is 2.20. The highest BCUT2D eigenvalue weighted by Crippen LogP contribution is 2.32. The van der Waals surface area contributed by atoms with Crippen LogP contribution in [0.3, 0.4) is 0 Å². The zero-order valence-electron chi connectivity index (χ0n) is 18.4. The molecule has 30 heavy (non-hydrogen) atoms. The van der Waals surface area contributed by atoms with E-state index in [0.717, 1.165) is 30.0 Å². The number of nitrogens with zero attached hydrogens (tertiary/aromatic N) is 3. The summed E-state index contributed by atoms with van der Waals surface area (Å²) in [7, 11) is 0. The van der Waals surface area contributed by atoms with Crippen molar-refractivity contribution in [2.45, 2.75) is 33.7 Å². The number of aromatic nitrogens is 2. The lowest BCUT2D eigenvalue weighted by molar-refractivity contribution is 0.549. The molecule has 0 atom stereocenters. The lowest BCUT2D eigenvalue weighted by Gasteiger charge is -2.29. The van der Waals surface area contributed by atoms with E-state index in [-0.39, 0.29) is 6.04 Å². The van der Waals surface area contributed by atoms with Crippen molar-refractivity contribution in [2.75, 3.05) is 29.0 Å². The summed E-state index contributed by atoms with van der Waals surface area (Å²) < 4.78 is 0. The second-order valence-electron chi connectivity index (χ2n) is 8.55. The normalized spacial score (nSPS) is 11.3. The van der Waals surface area contributed by atoms with Gasteiger partial charge in [-0.3, -0.25) is 0 Å². The number of hydrogen-bond acceptors (Lipinski definition) is 5. The molecule has 3 N–H and O–H groups in total. The van der Waals surface area contributed by atoms with Gasteiger partial charge in [0.15, 0.2) is 11.6 Å². The van der Waals surface area contributed by atoms with Crippen LogP contribution in [0.5, 0.6) is 0 Å². The number of hydrogen-bond donors (Lipinski definition) is 2. The van der Waals surface area contributed by atoms with E-state index >= 15 is 0 Å². The molecule has 0 saturated carbocycles. The van der Waals surface area contributed by atoms with Gasteiger partial charge in [0.1, 0.15) is 12.0 Å². The van der Waals surface area contributed by atoms with Crippen molar-refractivity contribution in [1.82, 2.24) is 9.97 Å². The van der Waals surface area contributed by atoms with Crippen molar-refractivity contribution in [3.05, 3.63) is 78.1 Å². The molecule has 0 amide bonds. The minimum absolute atomic E-state index is 0.0545. The van der Waals surface area contributed by atoms with Crippen LogP contribution in [-0.2, 0) is 0 Å². The second kappa shape index (κ2) is 10.1. The van der Waals surface area contributed by atoms with Crippen molar-refractivity contribution >= 4 is 17.3 Å². The van der Waals surface area contributed by atoms with Gasteiger partial charge in [0.25, 0.3) is 0 Å². The number of rotatable bonds is 9. The molecule has 0 fully saturated rings. The van der Waals surface area contributed by atoms with Gasteiger partial charge in [-0.05, 0) is 23.0 Å². The van der Waals surface area contributed by atoms with E-state index in [1.165, 1.54) is 0 Å². The van der Waals surface area contributed by atoms with Crippen LogP contribution in [0.25, 0.3) is 0 Å². The Morgan fingerprint density at radius 3 is 1.77 bits per heavy atom. The molecule has 3 aromatic rings. The quantitative estimate of drug-likeness (QED) is 0.502. The standard InChI is InChI=1S/C25H33N5/c1-18(2)15-30(16-19(3)4)25-22(26)24(27-17-28-25)29-23(20-11-7-5-8-12-20)21-13-9-6-10-14-21/h5-14,17-19,23H,15-16,26H2,1-4H3,(H,27,28,29). The van der Waals surface area contributed by atoms with Crippen molar-refractivity contribution in [2.24, 2.45) is 11.8 Å². The highest BCUT2D eigenvalue weighted by atomic mass is 15.2. The van der Waals surface area contributed by atoms with Crippen LogP contribution < -0.4 is 16.0 Å².